The third-order valence-corrected chi connectivity index (χ3v) is 2.65. The molecule has 16 heavy (non-hydrogen) atoms. The summed E-state index contributed by atoms with van der Waals surface area (Å²) in [5, 5.41) is 11.6. The van der Waals surface area contributed by atoms with Crippen molar-refractivity contribution in [2.45, 2.75) is 59.2 Å². The molecule has 3 heteroatoms. The molecule has 1 radical (unpaired) electrons. The van der Waals surface area contributed by atoms with Crippen molar-refractivity contribution in [1.82, 2.24) is 0 Å². The summed E-state index contributed by atoms with van der Waals surface area (Å²) in [7, 11) is 0. The van der Waals surface area contributed by atoms with E-state index in [0.717, 1.165) is 19.4 Å². The number of hydrogen-bond donors (Lipinski definition) is 0. The fraction of sp³-hybridized carbons (Fsp3) is 1.00. The van der Waals surface area contributed by atoms with E-state index in [1.807, 2.05) is 6.92 Å². The van der Waals surface area contributed by atoms with Gasteiger partial charge >= 0.3 is 0 Å². The van der Waals surface area contributed by atoms with Gasteiger partial charge in [-0.3, -0.25) is 0 Å². The van der Waals surface area contributed by atoms with E-state index in [1.54, 1.807) is 13.8 Å². The van der Waals surface area contributed by atoms with Crippen molar-refractivity contribution in [3.05, 3.63) is 0 Å². The maximum atomic E-state index is 11.6. The van der Waals surface area contributed by atoms with Crippen LogP contribution in [0.15, 0.2) is 0 Å². The molecule has 0 amide bonds. The van der Waals surface area contributed by atoms with Crippen LogP contribution in [0.5, 0.6) is 0 Å². The average Bonchev–Trinajstić information content (AvgIpc) is 2.19. The average molecular weight is 231 g/mol. The van der Waals surface area contributed by atoms with E-state index in [0.29, 0.717) is 19.1 Å². The summed E-state index contributed by atoms with van der Waals surface area (Å²) in [5.74, 6) is 0.349. The lowest BCUT2D eigenvalue weighted by atomic mass is 10.0. The van der Waals surface area contributed by atoms with Crippen LogP contribution in [-0.2, 0) is 14.6 Å². The Labute approximate surface area is 100 Å². The Bertz CT molecular complexity index is 163. The molecule has 0 spiro atoms. The zero-order valence-corrected chi connectivity index (χ0v) is 11.4. The van der Waals surface area contributed by atoms with Crippen molar-refractivity contribution in [2.75, 3.05) is 19.8 Å². The highest BCUT2D eigenvalue weighted by Crippen LogP contribution is 2.13. The van der Waals surface area contributed by atoms with Crippen LogP contribution >= 0.6 is 0 Å². The van der Waals surface area contributed by atoms with Gasteiger partial charge in [0.2, 0.25) is 0 Å². The number of unbranched alkanes of at least 4 members (excludes halogenated alkanes) is 1. The molecule has 2 atom stereocenters. The lowest BCUT2D eigenvalue weighted by Gasteiger charge is -2.25. The van der Waals surface area contributed by atoms with Gasteiger partial charge in [-0.2, -0.15) is 0 Å². The van der Waals surface area contributed by atoms with Crippen molar-refractivity contribution >= 4 is 0 Å². The topological polar surface area (TPSA) is 38.4 Å². The summed E-state index contributed by atoms with van der Waals surface area (Å²) in [6.45, 7) is 11.5. The van der Waals surface area contributed by atoms with Crippen LogP contribution in [0.25, 0.3) is 0 Å². The molecule has 0 aromatic carbocycles. The fourth-order valence-corrected chi connectivity index (χ4v) is 1.09. The summed E-state index contributed by atoms with van der Waals surface area (Å²) in [4.78, 5) is 0. The van der Waals surface area contributed by atoms with Gasteiger partial charge < -0.3 is 9.47 Å². The predicted molar refractivity (Wildman–Crippen MR) is 65.1 cm³/mol. The molecule has 0 saturated carbocycles. The lowest BCUT2D eigenvalue weighted by molar-refractivity contribution is -0.123. The minimum atomic E-state index is -1.03. The van der Waals surface area contributed by atoms with Crippen LogP contribution in [0, 0.1) is 5.92 Å². The summed E-state index contributed by atoms with van der Waals surface area (Å²) in [6, 6.07) is 0. The van der Waals surface area contributed by atoms with Crippen molar-refractivity contribution in [1.29, 1.82) is 0 Å². The highest BCUT2D eigenvalue weighted by Gasteiger charge is 2.25. The second-order valence-electron chi connectivity index (χ2n) is 5.11. The number of rotatable bonds is 9. The quantitative estimate of drug-likeness (QED) is 0.572. The summed E-state index contributed by atoms with van der Waals surface area (Å²) >= 11 is 0. The fourth-order valence-electron chi connectivity index (χ4n) is 1.09. The standard InChI is InChI=1S/C13H27O3/c1-6-7-8-15-9-11(2)10-16-12(3)13(4,5)14/h11-12H,6-10H2,1-5H3. The summed E-state index contributed by atoms with van der Waals surface area (Å²) in [6.07, 6.45) is 2.01. The minimum absolute atomic E-state index is 0.259. The summed E-state index contributed by atoms with van der Waals surface area (Å²) < 4.78 is 11.0. The van der Waals surface area contributed by atoms with Gasteiger partial charge in [-0.1, -0.05) is 20.3 Å². The zero-order chi connectivity index (χ0) is 12.6. The van der Waals surface area contributed by atoms with E-state index in [1.165, 1.54) is 0 Å². The molecule has 0 aromatic rings. The Kier molecular flexibility index (Phi) is 7.98. The first-order valence-corrected chi connectivity index (χ1v) is 6.27. The van der Waals surface area contributed by atoms with E-state index < -0.39 is 5.60 Å². The van der Waals surface area contributed by atoms with Gasteiger partial charge in [0.05, 0.1) is 19.3 Å². The predicted octanol–water partition coefficient (Wildman–Crippen LogP) is 3.05. The molecular weight excluding hydrogens is 204 g/mol. The second-order valence-corrected chi connectivity index (χ2v) is 5.11. The maximum absolute atomic E-state index is 11.6. The normalized spacial score (nSPS) is 16.1. The third kappa shape index (κ3) is 8.08. The molecule has 0 aliphatic rings. The largest absolute Gasteiger partial charge is 0.381 e. The van der Waals surface area contributed by atoms with Crippen molar-refractivity contribution < 1.29 is 14.6 Å². The van der Waals surface area contributed by atoms with Crippen LogP contribution in [0.3, 0.4) is 0 Å². The molecule has 0 aromatic heterocycles. The Balaban J connectivity index is 3.53. The SMILES string of the molecule is CCCCOCC(C)COC(C)C(C)(C)[O]. The van der Waals surface area contributed by atoms with Crippen LogP contribution in [0.2, 0.25) is 0 Å². The van der Waals surface area contributed by atoms with Gasteiger partial charge in [-0.05, 0) is 27.2 Å². The van der Waals surface area contributed by atoms with E-state index in [9.17, 15) is 5.11 Å². The Morgan fingerprint density at radius 1 is 1.19 bits per heavy atom. The molecule has 3 nitrogen and oxygen atoms in total. The van der Waals surface area contributed by atoms with Crippen molar-refractivity contribution in [2.24, 2.45) is 5.92 Å². The lowest BCUT2D eigenvalue weighted by Crippen LogP contribution is -2.35. The molecule has 0 fully saturated rings. The Morgan fingerprint density at radius 2 is 1.81 bits per heavy atom. The Hall–Kier alpha value is -0.120. The molecule has 0 rings (SSSR count). The smallest absolute Gasteiger partial charge is 0.124 e. The van der Waals surface area contributed by atoms with E-state index in [2.05, 4.69) is 13.8 Å². The molecule has 2 unspecified atom stereocenters. The van der Waals surface area contributed by atoms with Crippen LogP contribution in [0.1, 0.15) is 47.5 Å². The zero-order valence-electron chi connectivity index (χ0n) is 11.4. The van der Waals surface area contributed by atoms with Crippen LogP contribution in [0.4, 0.5) is 0 Å². The molecular formula is C13H27O3. The summed E-state index contributed by atoms with van der Waals surface area (Å²) in [5.41, 5.74) is -1.03. The molecule has 0 heterocycles. The number of hydrogen-bond acceptors (Lipinski definition) is 2. The van der Waals surface area contributed by atoms with Gasteiger partial charge in [0.15, 0.2) is 0 Å². The van der Waals surface area contributed by atoms with Gasteiger partial charge in [0.1, 0.15) is 5.60 Å². The van der Waals surface area contributed by atoms with Gasteiger partial charge in [-0.25, -0.2) is 5.11 Å². The first-order chi connectivity index (χ1) is 7.38. The molecule has 0 aliphatic carbocycles. The highest BCUT2D eigenvalue weighted by atomic mass is 16.5. The van der Waals surface area contributed by atoms with Crippen LogP contribution in [-0.4, -0.2) is 31.5 Å². The van der Waals surface area contributed by atoms with Crippen molar-refractivity contribution in [3.63, 3.8) is 0 Å². The molecule has 97 valence electrons. The minimum Gasteiger partial charge on any atom is -0.381 e. The maximum Gasteiger partial charge on any atom is 0.124 e. The molecule has 0 N–H and O–H groups in total. The second kappa shape index (κ2) is 8.04. The van der Waals surface area contributed by atoms with E-state index in [4.69, 9.17) is 9.47 Å². The first-order valence-electron chi connectivity index (χ1n) is 6.27. The molecule has 0 bridgehead atoms. The van der Waals surface area contributed by atoms with E-state index in [-0.39, 0.29) is 6.10 Å². The third-order valence-electron chi connectivity index (χ3n) is 2.65. The molecule has 0 saturated heterocycles. The van der Waals surface area contributed by atoms with Crippen molar-refractivity contribution in [3.8, 4) is 0 Å². The first kappa shape index (κ1) is 15.9. The van der Waals surface area contributed by atoms with Gasteiger partial charge in [0.25, 0.3) is 0 Å². The molecule has 0 aliphatic heterocycles. The van der Waals surface area contributed by atoms with E-state index >= 15 is 0 Å². The monoisotopic (exact) mass is 231 g/mol. The van der Waals surface area contributed by atoms with Crippen LogP contribution < -0.4 is 0 Å². The van der Waals surface area contributed by atoms with Gasteiger partial charge in [0, 0.05) is 12.5 Å². The van der Waals surface area contributed by atoms with Gasteiger partial charge in [-0.15, -0.1) is 0 Å². The highest BCUT2D eigenvalue weighted by molar-refractivity contribution is 4.73. The Morgan fingerprint density at radius 3 is 2.31 bits per heavy atom. The number of ether oxygens (including phenoxy) is 2.